The number of halogens is 3. The molecular formula is C28H32F3N5O5S. The SMILES string of the molecule is Cc1cnc(-c2cc(OC[C@@H]3CN(C(=O)OC(C)(C)C)CCO3)cc(C(=O)NC(C)c3cnc(C(F)(F)F)nc3)c2)s1. The minimum atomic E-state index is -4.66. The predicted octanol–water partition coefficient (Wildman–Crippen LogP) is 5.43. The number of nitrogens with zero attached hydrogens (tertiary/aromatic N) is 4. The van der Waals surface area contributed by atoms with Gasteiger partial charge in [0.05, 0.1) is 19.2 Å². The molecule has 1 aliphatic rings. The molecule has 2 atom stereocenters. The van der Waals surface area contributed by atoms with Gasteiger partial charge in [0.15, 0.2) is 0 Å². The van der Waals surface area contributed by atoms with Gasteiger partial charge in [-0.25, -0.2) is 19.7 Å². The van der Waals surface area contributed by atoms with Gasteiger partial charge in [0, 0.05) is 46.7 Å². The van der Waals surface area contributed by atoms with Crippen LogP contribution in [0, 0.1) is 6.92 Å². The average molecular weight is 608 g/mol. The van der Waals surface area contributed by atoms with Gasteiger partial charge in [-0.15, -0.1) is 11.3 Å². The number of rotatable bonds is 7. The molecule has 10 nitrogen and oxygen atoms in total. The van der Waals surface area contributed by atoms with Crippen molar-refractivity contribution in [1.82, 2.24) is 25.2 Å². The van der Waals surface area contributed by atoms with E-state index in [0.29, 0.717) is 35.0 Å². The first-order valence-corrected chi connectivity index (χ1v) is 14.0. The molecule has 0 radical (unpaired) electrons. The number of morpholine rings is 1. The number of ether oxygens (including phenoxy) is 3. The highest BCUT2D eigenvalue weighted by atomic mass is 32.1. The molecule has 14 heteroatoms. The maximum absolute atomic E-state index is 13.2. The number of benzene rings is 1. The van der Waals surface area contributed by atoms with Crippen LogP contribution in [0.2, 0.25) is 0 Å². The van der Waals surface area contributed by atoms with Crippen LogP contribution in [-0.4, -0.2) is 69.9 Å². The van der Waals surface area contributed by atoms with Crippen LogP contribution < -0.4 is 10.1 Å². The second kappa shape index (κ2) is 12.6. The predicted molar refractivity (Wildman–Crippen MR) is 148 cm³/mol. The second-order valence-electron chi connectivity index (χ2n) is 10.8. The van der Waals surface area contributed by atoms with Crippen molar-refractivity contribution in [2.45, 2.75) is 58.5 Å². The van der Waals surface area contributed by atoms with Crippen LogP contribution in [0.15, 0.2) is 36.8 Å². The molecule has 1 N–H and O–H groups in total. The van der Waals surface area contributed by atoms with Gasteiger partial charge in [0.2, 0.25) is 5.82 Å². The van der Waals surface area contributed by atoms with E-state index in [0.717, 1.165) is 17.3 Å². The molecule has 0 aliphatic carbocycles. The van der Waals surface area contributed by atoms with Gasteiger partial charge in [0.25, 0.3) is 5.91 Å². The summed E-state index contributed by atoms with van der Waals surface area (Å²) in [6, 6.07) is 4.31. The normalized spacial score (nSPS) is 16.6. The van der Waals surface area contributed by atoms with Crippen LogP contribution in [0.5, 0.6) is 5.75 Å². The van der Waals surface area contributed by atoms with Crippen molar-refractivity contribution in [3.63, 3.8) is 0 Å². The van der Waals surface area contributed by atoms with Gasteiger partial charge < -0.3 is 24.4 Å². The number of aromatic nitrogens is 3. The Morgan fingerprint density at radius 1 is 1.14 bits per heavy atom. The summed E-state index contributed by atoms with van der Waals surface area (Å²) in [6.07, 6.45) is -1.71. The highest BCUT2D eigenvalue weighted by Crippen LogP contribution is 2.30. The molecular weight excluding hydrogens is 575 g/mol. The number of nitrogens with one attached hydrogen (secondary N) is 1. The van der Waals surface area contributed by atoms with Gasteiger partial charge in [-0.05, 0) is 52.8 Å². The van der Waals surface area contributed by atoms with E-state index in [1.54, 1.807) is 57.0 Å². The minimum absolute atomic E-state index is 0.111. The molecule has 42 heavy (non-hydrogen) atoms. The number of alkyl halides is 3. The zero-order chi connectivity index (χ0) is 30.7. The van der Waals surface area contributed by atoms with E-state index in [2.05, 4.69) is 20.3 Å². The summed E-state index contributed by atoms with van der Waals surface area (Å²) in [6.45, 7) is 10.0. The van der Waals surface area contributed by atoms with E-state index >= 15 is 0 Å². The van der Waals surface area contributed by atoms with E-state index in [4.69, 9.17) is 14.2 Å². The van der Waals surface area contributed by atoms with Crippen LogP contribution in [0.1, 0.15) is 60.4 Å². The number of carbonyl (C=O) groups excluding carboxylic acids is 2. The third kappa shape index (κ3) is 8.38. The van der Waals surface area contributed by atoms with Gasteiger partial charge in [0.1, 0.15) is 29.1 Å². The summed E-state index contributed by atoms with van der Waals surface area (Å²) >= 11 is 1.45. The summed E-state index contributed by atoms with van der Waals surface area (Å²) in [5.74, 6) is -1.35. The van der Waals surface area contributed by atoms with E-state index < -0.39 is 41.7 Å². The van der Waals surface area contributed by atoms with Gasteiger partial charge in [-0.2, -0.15) is 13.2 Å². The lowest BCUT2D eigenvalue weighted by molar-refractivity contribution is -0.145. The fourth-order valence-corrected chi connectivity index (χ4v) is 4.75. The Hall–Kier alpha value is -3.78. The Balaban J connectivity index is 1.48. The second-order valence-corrected chi connectivity index (χ2v) is 12.0. The number of carbonyl (C=O) groups is 2. The maximum Gasteiger partial charge on any atom is 0.451 e. The molecule has 1 saturated heterocycles. The highest BCUT2D eigenvalue weighted by Gasteiger charge is 2.34. The first kappa shape index (κ1) is 31.2. The van der Waals surface area contributed by atoms with Crippen LogP contribution >= 0.6 is 11.3 Å². The number of hydrogen-bond acceptors (Lipinski definition) is 9. The quantitative estimate of drug-likeness (QED) is 0.378. The first-order chi connectivity index (χ1) is 19.7. The Bertz CT molecular complexity index is 1410. The molecule has 1 fully saturated rings. The van der Waals surface area contributed by atoms with E-state index in [1.165, 1.54) is 11.3 Å². The minimum Gasteiger partial charge on any atom is -0.491 e. The molecule has 0 spiro atoms. The zero-order valence-corrected chi connectivity index (χ0v) is 24.6. The highest BCUT2D eigenvalue weighted by molar-refractivity contribution is 7.14. The van der Waals surface area contributed by atoms with Gasteiger partial charge in [-0.1, -0.05) is 0 Å². The van der Waals surface area contributed by atoms with Gasteiger partial charge >= 0.3 is 12.3 Å². The third-order valence-corrected chi connectivity index (χ3v) is 7.00. The monoisotopic (exact) mass is 607 g/mol. The largest absolute Gasteiger partial charge is 0.491 e. The molecule has 4 rings (SSSR count). The molecule has 3 heterocycles. The van der Waals surface area contributed by atoms with Crippen LogP contribution in [0.25, 0.3) is 10.6 Å². The standard InChI is InChI=1S/C28H32F3N5O5S/c1-16-11-32-24(42-16)19-8-18(23(37)35-17(2)20-12-33-25(34-13-20)28(29,30)31)9-21(10-19)40-15-22-14-36(6-7-39-22)26(38)41-27(3,4)5/h8-13,17,22H,6-7,14-15H2,1-5H3,(H,35,37)/t17?,22-/m0/s1. The average Bonchev–Trinajstić information content (AvgIpc) is 3.37. The Labute approximate surface area is 245 Å². The lowest BCUT2D eigenvalue weighted by atomic mass is 10.1. The van der Waals surface area contributed by atoms with E-state index in [1.807, 2.05) is 6.92 Å². The fourth-order valence-electron chi connectivity index (χ4n) is 4.00. The molecule has 1 aromatic carbocycles. The van der Waals surface area contributed by atoms with Crippen molar-refractivity contribution in [3.8, 4) is 16.3 Å². The van der Waals surface area contributed by atoms with E-state index in [-0.39, 0.29) is 18.7 Å². The number of amides is 2. The van der Waals surface area contributed by atoms with Crippen molar-refractivity contribution < 1.29 is 37.0 Å². The Kier molecular flexibility index (Phi) is 9.36. The summed E-state index contributed by atoms with van der Waals surface area (Å²) in [5, 5.41) is 3.45. The van der Waals surface area contributed by atoms with Crippen LogP contribution in [0.3, 0.4) is 0 Å². The van der Waals surface area contributed by atoms with Crippen LogP contribution in [-0.2, 0) is 15.7 Å². The van der Waals surface area contributed by atoms with E-state index in [9.17, 15) is 22.8 Å². The molecule has 1 aliphatic heterocycles. The fraction of sp³-hybridized carbons (Fsp3) is 0.464. The number of aryl methyl sites for hydroxylation is 1. The molecule has 0 bridgehead atoms. The first-order valence-electron chi connectivity index (χ1n) is 13.2. The molecule has 1 unspecified atom stereocenters. The zero-order valence-electron chi connectivity index (χ0n) is 23.8. The van der Waals surface area contributed by atoms with Crippen molar-refractivity contribution in [3.05, 3.63) is 58.6 Å². The third-order valence-electron chi connectivity index (χ3n) is 6.04. The summed E-state index contributed by atoms with van der Waals surface area (Å²) in [7, 11) is 0. The van der Waals surface area contributed by atoms with Crippen molar-refractivity contribution in [1.29, 1.82) is 0 Å². The van der Waals surface area contributed by atoms with Crippen molar-refractivity contribution >= 4 is 23.3 Å². The maximum atomic E-state index is 13.2. The lowest BCUT2D eigenvalue weighted by Gasteiger charge is -2.34. The molecule has 226 valence electrons. The van der Waals surface area contributed by atoms with Crippen molar-refractivity contribution in [2.75, 3.05) is 26.3 Å². The van der Waals surface area contributed by atoms with Crippen molar-refractivity contribution in [2.24, 2.45) is 0 Å². The Morgan fingerprint density at radius 3 is 2.48 bits per heavy atom. The molecule has 2 aromatic heterocycles. The van der Waals surface area contributed by atoms with Gasteiger partial charge in [-0.3, -0.25) is 4.79 Å². The molecule has 3 aromatic rings. The van der Waals surface area contributed by atoms with Crippen LogP contribution in [0.4, 0.5) is 18.0 Å². The molecule has 2 amide bonds. The molecule has 0 saturated carbocycles. The number of thiazole rings is 1. The topological polar surface area (TPSA) is 116 Å². The number of hydrogen-bond donors (Lipinski definition) is 1. The smallest absolute Gasteiger partial charge is 0.451 e. The summed E-state index contributed by atoms with van der Waals surface area (Å²) in [5.41, 5.74) is 0.601. The Morgan fingerprint density at radius 2 is 1.86 bits per heavy atom. The summed E-state index contributed by atoms with van der Waals surface area (Å²) in [4.78, 5) is 39.5. The lowest BCUT2D eigenvalue weighted by Crippen LogP contribution is -2.49. The summed E-state index contributed by atoms with van der Waals surface area (Å²) < 4.78 is 55.8.